The Bertz CT molecular complexity index is 978. The quantitative estimate of drug-likeness (QED) is 0.522. The minimum atomic E-state index is -1.32. The van der Waals surface area contributed by atoms with Crippen molar-refractivity contribution < 1.29 is 9.94 Å². The first-order valence-corrected chi connectivity index (χ1v) is 9.40. The number of nitrogens with zero attached hydrogens (tertiary/aromatic N) is 4. The second kappa shape index (κ2) is 8.09. The smallest absolute Gasteiger partial charge is 0.139 e. The average Bonchev–Trinajstić information content (AvgIpc) is 2.73. The number of aliphatic hydroxyl groups is 1. The van der Waals surface area contributed by atoms with Crippen molar-refractivity contribution >= 4 is 5.71 Å². The second-order valence-corrected chi connectivity index (χ2v) is 7.96. The molecule has 0 radical (unpaired) electrons. The van der Waals surface area contributed by atoms with Gasteiger partial charge in [0.1, 0.15) is 19.0 Å². The van der Waals surface area contributed by atoms with Crippen molar-refractivity contribution in [2.75, 3.05) is 7.11 Å². The Morgan fingerprint density at radius 2 is 1.55 bits per heavy atom. The lowest BCUT2D eigenvalue weighted by Gasteiger charge is -2.39. The third-order valence-electron chi connectivity index (χ3n) is 5.06. The summed E-state index contributed by atoms with van der Waals surface area (Å²) in [6.45, 7) is 7.81. The summed E-state index contributed by atoms with van der Waals surface area (Å²) < 4.78 is 0. The Morgan fingerprint density at radius 1 is 0.931 bits per heavy atom. The molecule has 3 rings (SSSR count). The van der Waals surface area contributed by atoms with Crippen LogP contribution in [0.2, 0.25) is 0 Å². The van der Waals surface area contributed by atoms with E-state index in [1.807, 2.05) is 64.1 Å². The summed E-state index contributed by atoms with van der Waals surface area (Å²) in [6, 6.07) is 11.8. The van der Waals surface area contributed by atoms with Gasteiger partial charge in [0.2, 0.25) is 0 Å². The predicted octanol–water partition coefficient (Wildman–Crippen LogP) is 4.19. The molecule has 29 heavy (non-hydrogen) atoms. The van der Waals surface area contributed by atoms with E-state index >= 15 is 0 Å². The lowest BCUT2D eigenvalue weighted by atomic mass is 9.70. The zero-order valence-electron chi connectivity index (χ0n) is 17.4. The summed E-state index contributed by atoms with van der Waals surface area (Å²) >= 11 is 0. The molecule has 1 atom stereocenters. The lowest BCUT2D eigenvalue weighted by Crippen LogP contribution is -2.42. The van der Waals surface area contributed by atoms with Gasteiger partial charge in [-0.15, -0.1) is 0 Å². The monoisotopic (exact) mass is 390 g/mol. The molecule has 1 unspecified atom stereocenters. The molecule has 0 aliphatic rings. The standard InChI is InChI=1S/C23H26N4O2/c1-16(27-29-5)17-6-8-18(9-7-17)19-10-11-21(26-12-19)23(28,22(2,3)4)20-13-24-15-25-14-20/h6-15,28H,1-5H3/b27-16+. The third-order valence-corrected chi connectivity index (χ3v) is 5.06. The lowest BCUT2D eigenvalue weighted by molar-refractivity contribution is -0.0301. The van der Waals surface area contributed by atoms with E-state index in [4.69, 9.17) is 4.84 Å². The largest absolute Gasteiger partial charge is 0.399 e. The zero-order chi connectivity index (χ0) is 21.1. The van der Waals surface area contributed by atoms with Gasteiger partial charge >= 0.3 is 0 Å². The fraction of sp³-hybridized carbons (Fsp3) is 0.304. The molecule has 0 saturated heterocycles. The third kappa shape index (κ3) is 4.03. The number of oxime groups is 1. The first-order chi connectivity index (χ1) is 13.8. The normalized spacial score (nSPS) is 14.3. The van der Waals surface area contributed by atoms with E-state index in [1.54, 1.807) is 18.6 Å². The molecule has 3 aromatic rings. The molecule has 0 aliphatic heterocycles. The molecular formula is C23H26N4O2. The summed E-state index contributed by atoms with van der Waals surface area (Å²) in [5.74, 6) is 0. The minimum Gasteiger partial charge on any atom is -0.399 e. The molecule has 6 heteroatoms. The molecule has 6 nitrogen and oxygen atoms in total. The van der Waals surface area contributed by atoms with Gasteiger partial charge in [0.25, 0.3) is 0 Å². The molecule has 0 amide bonds. The van der Waals surface area contributed by atoms with Crippen LogP contribution < -0.4 is 0 Å². The molecule has 0 bridgehead atoms. The van der Waals surface area contributed by atoms with Gasteiger partial charge < -0.3 is 9.94 Å². The van der Waals surface area contributed by atoms with Crippen LogP contribution in [0.1, 0.15) is 44.5 Å². The van der Waals surface area contributed by atoms with E-state index in [2.05, 4.69) is 20.1 Å². The van der Waals surface area contributed by atoms with Crippen LogP contribution in [0.5, 0.6) is 0 Å². The predicted molar refractivity (Wildman–Crippen MR) is 113 cm³/mol. The molecule has 0 aliphatic carbocycles. The molecule has 0 saturated carbocycles. The van der Waals surface area contributed by atoms with Crippen LogP contribution in [0.3, 0.4) is 0 Å². The summed E-state index contributed by atoms with van der Waals surface area (Å²) in [5, 5.41) is 15.6. The first-order valence-electron chi connectivity index (χ1n) is 9.40. The molecule has 0 fully saturated rings. The summed E-state index contributed by atoms with van der Waals surface area (Å²) in [4.78, 5) is 17.6. The van der Waals surface area contributed by atoms with Gasteiger partial charge in [-0.1, -0.05) is 56.3 Å². The van der Waals surface area contributed by atoms with Gasteiger partial charge in [-0.25, -0.2) is 9.97 Å². The fourth-order valence-electron chi connectivity index (χ4n) is 3.32. The van der Waals surface area contributed by atoms with Gasteiger partial charge in [-0.2, -0.15) is 0 Å². The van der Waals surface area contributed by atoms with Gasteiger partial charge in [0, 0.05) is 35.1 Å². The van der Waals surface area contributed by atoms with Crippen LogP contribution in [0, 0.1) is 5.41 Å². The highest BCUT2D eigenvalue weighted by Crippen LogP contribution is 2.43. The maximum atomic E-state index is 11.6. The summed E-state index contributed by atoms with van der Waals surface area (Å²) in [5.41, 5.74) is 3.14. The first kappa shape index (κ1) is 20.6. The molecular weight excluding hydrogens is 364 g/mol. The summed E-state index contributed by atoms with van der Waals surface area (Å²) in [7, 11) is 1.53. The minimum absolute atomic E-state index is 0.508. The van der Waals surface area contributed by atoms with Crippen molar-refractivity contribution in [3.63, 3.8) is 0 Å². The van der Waals surface area contributed by atoms with Crippen LogP contribution in [-0.4, -0.2) is 32.9 Å². The van der Waals surface area contributed by atoms with E-state index in [0.717, 1.165) is 22.4 Å². The maximum absolute atomic E-state index is 11.6. The van der Waals surface area contributed by atoms with Crippen LogP contribution in [0.15, 0.2) is 66.5 Å². The number of pyridine rings is 1. The number of hydrogen-bond acceptors (Lipinski definition) is 6. The van der Waals surface area contributed by atoms with Gasteiger partial charge in [-0.05, 0) is 24.1 Å². The van der Waals surface area contributed by atoms with Crippen molar-refractivity contribution in [2.24, 2.45) is 10.6 Å². The molecule has 0 spiro atoms. The Kier molecular flexibility index (Phi) is 5.75. The van der Waals surface area contributed by atoms with Crippen molar-refractivity contribution in [2.45, 2.75) is 33.3 Å². The van der Waals surface area contributed by atoms with Crippen LogP contribution in [-0.2, 0) is 10.4 Å². The Balaban J connectivity index is 1.96. The zero-order valence-corrected chi connectivity index (χ0v) is 17.4. The highest BCUT2D eigenvalue weighted by Gasteiger charge is 2.45. The number of aromatic nitrogens is 3. The van der Waals surface area contributed by atoms with E-state index in [9.17, 15) is 5.11 Å². The molecule has 150 valence electrons. The summed E-state index contributed by atoms with van der Waals surface area (Å²) in [6.07, 6.45) is 6.50. The van der Waals surface area contributed by atoms with E-state index in [0.29, 0.717) is 11.3 Å². The molecule has 1 N–H and O–H groups in total. The van der Waals surface area contributed by atoms with Crippen molar-refractivity contribution in [1.82, 2.24) is 15.0 Å². The maximum Gasteiger partial charge on any atom is 0.139 e. The average molecular weight is 390 g/mol. The van der Waals surface area contributed by atoms with Crippen molar-refractivity contribution in [1.29, 1.82) is 0 Å². The highest BCUT2D eigenvalue weighted by molar-refractivity contribution is 5.98. The van der Waals surface area contributed by atoms with E-state index in [-0.39, 0.29) is 0 Å². The Hall–Kier alpha value is -3.12. The van der Waals surface area contributed by atoms with Gasteiger partial charge in [0.05, 0.1) is 11.4 Å². The van der Waals surface area contributed by atoms with Crippen LogP contribution in [0.4, 0.5) is 0 Å². The second-order valence-electron chi connectivity index (χ2n) is 7.96. The van der Waals surface area contributed by atoms with Gasteiger partial charge in [0.15, 0.2) is 0 Å². The Morgan fingerprint density at radius 3 is 2.07 bits per heavy atom. The highest BCUT2D eigenvalue weighted by atomic mass is 16.6. The number of benzene rings is 1. The van der Waals surface area contributed by atoms with Crippen molar-refractivity contribution in [3.05, 3.63) is 78.1 Å². The van der Waals surface area contributed by atoms with E-state index < -0.39 is 11.0 Å². The van der Waals surface area contributed by atoms with Crippen LogP contribution >= 0.6 is 0 Å². The Labute approximate surface area is 171 Å². The number of hydrogen-bond donors (Lipinski definition) is 1. The molecule has 1 aromatic carbocycles. The fourth-order valence-corrected chi connectivity index (χ4v) is 3.32. The van der Waals surface area contributed by atoms with Crippen LogP contribution in [0.25, 0.3) is 11.1 Å². The molecule has 2 aromatic heterocycles. The molecule has 2 heterocycles. The van der Waals surface area contributed by atoms with Crippen molar-refractivity contribution in [3.8, 4) is 11.1 Å². The van der Waals surface area contributed by atoms with Gasteiger partial charge in [-0.3, -0.25) is 4.98 Å². The topological polar surface area (TPSA) is 80.5 Å². The van der Waals surface area contributed by atoms with E-state index in [1.165, 1.54) is 13.4 Å². The SMILES string of the molecule is CO/N=C(\C)c1ccc(-c2ccc(C(O)(c3cncnc3)C(C)(C)C)nc2)cc1. The number of rotatable bonds is 5.